The molecule has 46 valence electrons. The van der Waals surface area contributed by atoms with E-state index in [-0.39, 0.29) is 0 Å². The van der Waals surface area contributed by atoms with Crippen LogP contribution in [0, 0.1) is 0 Å². The van der Waals surface area contributed by atoms with Gasteiger partial charge in [0.25, 0.3) is 0 Å². The molecule has 2 atom stereocenters. The zero-order chi connectivity index (χ0) is 6.57. The first kappa shape index (κ1) is 8.04. The van der Waals surface area contributed by atoms with Crippen LogP contribution in [-0.2, 0) is 8.88 Å². The van der Waals surface area contributed by atoms with E-state index >= 15 is 0 Å². The Bertz CT molecular complexity index is 119. The molecule has 8 heteroatoms. The fraction of sp³-hybridized carbons (Fsp3) is 0. The van der Waals surface area contributed by atoms with Gasteiger partial charge in [-0.15, -0.1) is 9.79 Å². The number of rotatable bonds is 2. The maximum Gasteiger partial charge on any atom is 0.743 e. The molecule has 0 saturated heterocycles. The summed E-state index contributed by atoms with van der Waals surface area (Å²) in [4.78, 5) is 18.8. The molecule has 0 radical (unpaired) electrons. The minimum Gasteiger partial charge on any atom is -0.183 e. The van der Waals surface area contributed by atoms with Crippen molar-refractivity contribution >= 4 is 16.4 Å². The second-order valence-corrected chi connectivity index (χ2v) is 2.55. The first-order valence-electron chi connectivity index (χ1n) is 1.41. The van der Waals surface area contributed by atoms with Gasteiger partial charge in [-0.3, -0.25) is 0 Å². The first-order chi connectivity index (χ1) is 3.66. The fourth-order valence-corrected chi connectivity index (χ4v) is 0.752. The Balaban J connectivity index is 3.56. The largest absolute Gasteiger partial charge is 0.743 e. The lowest BCUT2D eigenvalue weighted by Gasteiger charge is -1.59. The van der Waals surface area contributed by atoms with Crippen LogP contribution in [0.5, 0.6) is 0 Å². The van der Waals surface area contributed by atoms with Gasteiger partial charge in [0.05, 0.1) is 0 Å². The van der Waals surface area contributed by atoms with Crippen molar-refractivity contribution in [3.8, 4) is 0 Å². The Hall–Kier alpha value is 0.0400. The molecule has 0 rings (SSSR count). The molecular weight excluding hydrogens is 154 g/mol. The third-order valence-corrected chi connectivity index (χ3v) is 1.58. The normalized spacial score (nSPS) is 13.9. The smallest absolute Gasteiger partial charge is 0.183 e. The molecule has 0 fully saturated rings. The molecule has 0 heterocycles. The average molecular weight is 158 g/mol. The number of hydrogen-bond acceptors (Lipinski definition) is 3. The van der Waals surface area contributed by atoms with Gasteiger partial charge in [0.15, 0.2) is 4.31 Å². The monoisotopic (exact) mass is 158 g/mol. The van der Waals surface area contributed by atoms with Crippen LogP contribution in [0.15, 0.2) is 4.85 Å². The Morgan fingerprint density at radius 3 is 2.25 bits per heavy atom. The predicted octanol–water partition coefficient (Wildman–Crippen LogP) is 0.0142. The van der Waals surface area contributed by atoms with Crippen molar-refractivity contribution in [1.29, 1.82) is 0 Å². The highest BCUT2D eigenvalue weighted by Gasteiger charge is 2.29. The van der Waals surface area contributed by atoms with Gasteiger partial charge in [-0.1, -0.05) is 0 Å². The molecule has 0 aromatic heterocycles. The van der Waals surface area contributed by atoms with Crippen LogP contribution in [0.1, 0.15) is 0 Å². The van der Waals surface area contributed by atoms with Gasteiger partial charge < -0.3 is 0 Å². The van der Waals surface area contributed by atoms with E-state index in [2.05, 4.69) is 15.0 Å². The highest BCUT2D eigenvalue weighted by atomic mass is 31.2. The molecule has 0 aliphatic rings. The van der Waals surface area contributed by atoms with Gasteiger partial charge in [0.1, 0.15) is 0 Å². The van der Waals surface area contributed by atoms with Crippen molar-refractivity contribution < 1.29 is 18.7 Å². The second-order valence-electron chi connectivity index (χ2n) is 0.688. The lowest BCUT2D eigenvalue weighted by Crippen LogP contribution is -1.74. The van der Waals surface area contributed by atoms with E-state index in [9.17, 15) is 4.57 Å². The average Bonchev–Trinajstić information content (AvgIpc) is 1.65. The van der Waals surface area contributed by atoms with E-state index in [1.165, 1.54) is 0 Å². The Morgan fingerprint density at radius 1 is 1.62 bits per heavy atom. The Kier molecular flexibility index (Phi) is 3.99. The van der Waals surface area contributed by atoms with E-state index in [4.69, 9.17) is 9.79 Å². The van der Waals surface area contributed by atoms with Crippen LogP contribution in [0.3, 0.4) is 0 Å². The molecule has 0 spiro atoms. The van der Waals surface area contributed by atoms with Gasteiger partial charge in [0.2, 0.25) is 0 Å². The molecule has 0 amide bonds. The van der Waals surface area contributed by atoms with Crippen molar-refractivity contribution in [2.24, 2.45) is 10.7 Å². The summed E-state index contributed by atoms with van der Waals surface area (Å²) >= 11 is 0. The van der Waals surface area contributed by atoms with Crippen LogP contribution in [0.2, 0.25) is 0 Å². The van der Waals surface area contributed by atoms with E-state index in [0.717, 1.165) is 0 Å². The standard InChI is InChI=1S/H3N2O4P2/c1-2-7(3)6-8(4)5/h1H2,(H-,2,3,4,5)/q+1/p+1. The summed E-state index contributed by atoms with van der Waals surface area (Å²) in [6.45, 7) is 0. The zero-order valence-electron chi connectivity index (χ0n) is 3.63. The number of hydrogen-bond donors (Lipinski definition) is 3. The molecule has 0 bridgehead atoms. The number of nitrogens with two attached hydrogens (primary N) is 1. The van der Waals surface area contributed by atoms with E-state index in [1.807, 2.05) is 0 Å². The fourth-order valence-electron chi connectivity index (χ4n) is 0.0836. The van der Waals surface area contributed by atoms with Crippen molar-refractivity contribution in [1.82, 2.24) is 0 Å². The zero-order valence-corrected chi connectivity index (χ0v) is 5.42. The minimum atomic E-state index is -2.79. The summed E-state index contributed by atoms with van der Waals surface area (Å²) in [7, 11) is -5.04. The summed E-state index contributed by atoms with van der Waals surface area (Å²) in [6.07, 6.45) is 0. The van der Waals surface area contributed by atoms with Gasteiger partial charge in [0, 0.05) is 9.42 Å². The summed E-state index contributed by atoms with van der Waals surface area (Å²) in [5.41, 5.74) is 0. The van der Waals surface area contributed by atoms with Crippen LogP contribution in [0.25, 0.3) is 0 Å². The van der Waals surface area contributed by atoms with Crippen molar-refractivity contribution in [2.45, 2.75) is 0 Å². The SMILES string of the molecule is NN=[P+](O)O[P+](=O)O. The topological polar surface area (TPSA) is 105 Å². The molecule has 0 aliphatic heterocycles. The highest BCUT2D eigenvalue weighted by molar-refractivity contribution is 7.47. The van der Waals surface area contributed by atoms with Crippen LogP contribution >= 0.6 is 16.4 Å². The van der Waals surface area contributed by atoms with Gasteiger partial charge in [-0.2, -0.15) is 5.84 Å². The second kappa shape index (κ2) is 3.97. The molecule has 4 N–H and O–H groups in total. The molecule has 0 aromatic carbocycles. The lowest BCUT2D eigenvalue weighted by molar-refractivity contribution is 0.405. The Labute approximate surface area is 46.8 Å². The molecule has 8 heavy (non-hydrogen) atoms. The van der Waals surface area contributed by atoms with Crippen LogP contribution < -0.4 is 5.84 Å². The van der Waals surface area contributed by atoms with E-state index in [0.29, 0.717) is 0 Å². The van der Waals surface area contributed by atoms with Crippen LogP contribution in [0.4, 0.5) is 0 Å². The van der Waals surface area contributed by atoms with Crippen molar-refractivity contribution in [2.75, 3.05) is 0 Å². The summed E-state index contributed by atoms with van der Waals surface area (Å²) < 4.78 is 13.4. The maximum atomic E-state index is 9.64. The molecule has 0 aromatic rings. The number of nitrogens with zero attached hydrogens (tertiary/aromatic N) is 1. The summed E-state index contributed by atoms with van der Waals surface area (Å²) in [5, 5.41) is 0. The van der Waals surface area contributed by atoms with Gasteiger partial charge >= 0.3 is 16.4 Å². The minimum absolute atomic E-state index is 2.25. The third kappa shape index (κ3) is 4.21. The molecule has 2 unspecified atom stereocenters. The summed E-state index contributed by atoms with van der Waals surface area (Å²) in [6, 6.07) is 0. The Morgan fingerprint density at radius 2 is 2.12 bits per heavy atom. The van der Waals surface area contributed by atoms with E-state index in [1.54, 1.807) is 0 Å². The quantitative estimate of drug-likeness (QED) is 0.298. The molecular formula is H4N2O4P2+2. The van der Waals surface area contributed by atoms with Crippen LogP contribution in [-0.4, -0.2) is 9.79 Å². The van der Waals surface area contributed by atoms with Gasteiger partial charge in [-0.05, 0) is 0 Å². The van der Waals surface area contributed by atoms with E-state index < -0.39 is 16.4 Å². The first-order valence-corrected chi connectivity index (χ1v) is 3.70. The molecule has 0 aliphatic carbocycles. The lowest BCUT2D eigenvalue weighted by atomic mass is 13.0. The molecule has 0 saturated carbocycles. The predicted molar refractivity (Wildman–Crippen MR) is 26.7 cm³/mol. The summed E-state index contributed by atoms with van der Waals surface area (Å²) in [5.74, 6) is 4.46. The van der Waals surface area contributed by atoms with Crippen molar-refractivity contribution in [3.05, 3.63) is 0 Å². The molecule has 6 nitrogen and oxygen atoms in total. The van der Waals surface area contributed by atoms with Crippen molar-refractivity contribution in [3.63, 3.8) is 0 Å². The highest BCUT2D eigenvalue weighted by Crippen LogP contribution is 2.32. The third-order valence-electron chi connectivity index (χ3n) is 0.242. The maximum absolute atomic E-state index is 9.64. The van der Waals surface area contributed by atoms with Gasteiger partial charge in [-0.25, -0.2) is 0 Å².